The highest BCUT2D eigenvalue weighted by atomic mass is 35.5. The van der Waals surface area contributed by atoms with Crippen LogP contribution in [0.5, 0.6) is 0 Å². The molecule has 1 aromatic rings. The normalized spacial score (nSPS) is 18.6. The van der Waals surface area contributed by atoms with Crippen LogP contribution in [0.4, 0.5) is 17.1 Å². The maximum Gasteiger partial charge on any atom is 0.246 e. The number of nitrogens with one attached hydrogen (secondary N) is 2. The number of rotatable bonds is 2. The van der Waals surface area contributed by atoms with Crippen molar-refractivity contribution < 1.29 is 4.79 Å². The zero-order valence-electron chi connectivity index (χ0n) is 9.01. The number of carbonyl (C=O) groups excluding carboxylic acids is 1. The van der Waals surface area contributed by atoms with E-state index >= 15 is 0 Å². The highest BCUT2D eigenvalue weighted by Gasteiger charge is 2.25. The summed E-state index contributed by atoms with van der Waals surface area (Å²) in [5.41, 5.74) is 7.67. The van der Waals surface area contributed by atoms with Crippen molar-refractivity contribution in [3.05, 3.63) is 17.2 Å². The summed E-state index contributed by atoms with van der Waals surface area (Å²) in [6, 6.07) is 3.23. The Morgan fingerprint density at radius 1 is 1.44 bits per heavy atom. The molecule has 0 fully saturated rings. The molecular formula is C11H14ClN3O. The second kappa shape index (κ2) is 4.22. The Kier molecular flexibility index (Phi) is 2.92. The lowest BCUT2D eigenvalue weighted by atomic mass is 10.1. The van der Waals surface area contributed by atoms with Crippen LogP contribution in [0.15, 0.2) is 12.1 Å². The third-order valence-corrected chi connectivity index (χ3v) is 2.95. The number of hydrogen-bond donors (Lipinski definition) is 3. The molecule has 0 aromatic heterocycles. The molecule has 1 unspecified atom stereocenters. The molecule has 86 valence electrons. The fraction of sp³-hybridized carbons (Fsp3) is 0.364. The highest BCUT2D eigenvalue weighted by molar-refractivity contribution is 6.33. The van der Waals surface area contributed by atoms with E-state index in [0.29, 0.717) is 16.4 Å². The molecule has 1 aliphatic heterocycles. The average Bonchev–Trinajstić information content (AvgIpc) is 2.23. The summed E-state index contributed by atoms with van der Waals surface area (Å²) >= 11 is 5.93. The van der Waals surface area contributed by atoms with Crippen LogP contribution in [0.3, 0.4) is 0 Å². The predicted octanol–water partition coefficient (Wildman–Crippen LogP) is 2.45. The molecule has 1 aromatic carbocycles. The Labute approximate surface area is 99.2 Å². The van der Waals surface area contributed by atoms with Gasteiger partial charge in [0.25, 0.3) is 0 Å². The molecule has 4 nitrogen and oxygen atoms in total. The Morgan fingerprint density at radius 2 is 2.19 bits per heavy atom. The molecule has 0 spiro atoms. The number of amides is 1. The Hall–Kier alpha value is -1.42. The standard InChI is InChI=1S/C11H14ClN3O/c1-2-3-8-11(16)15-10-5-7(13)6(12)4-9(10)14-8/h4-5,8,14H,2-3,13H2,1H3,(H,15,16). The van der Waals surface area contributed by atoms with Gasteiger partial charge in [0.1, 0.15) is 6.04 Å². The number of nitrogen functional groups attached to an aromatic ring is 1. The minimum Gasteiger partial charge on any atom is -0.397 e. The largest absolute Gasteiger partial charge is 0.397 e. The quantitative estimate of drug-likeness (QED) is 0.695. The van der Waals surface area contributed by atoms with Crippen LogP contribution in [0.25, 0.3) is 0 Å². The molecule has 16 heavy (non-hydrogen) atoms. The second-order valence-electron chi connectivity index (χ2n) is 3.89. The van der Waals surface area contributed by atoms with E-state index in [4.69, 9.17) is 17.3 Å². The minimum atomic E-state index is -0.183. The summed E-state index contributed by atoms with van der Waals surface area (Å²) in [4.78, 5) is 11.7. The first-order valence-electron chi connectivity index (χ1n) is 5.28. The first kappa shape index (κ1) is 11.1. The van der Waals surface area contributed by atoms with Crippen molar-refractivity contribution in [3.63, 3.8) is 0 Å². The summed E-state index contributed by atoms with van der Waals surface area (Å²) < 4.78 is 0. The fourth-order valence-corrected chi connectivity index (χ4v) is 1.94. The van der Waals surface area contributed by atoms with E-state index in [2.05, 4.69) is 10.6 Å². The number of fused-ring (bicyclic) bond motifs is 1. The predicted molar refractivity (Wildman–Crippen MR) is 66.8 cm³/mol. The van der Waals surface area contributed by atoms with Crippen LogP contribution < -0.4 is 16.4 Å². The van der Waals surface area contributed by atoms with E-state index in [0.717, 1.165) is 18.5 Å². The van der Waals surface area contributed by atoms with Crippen molar-refractivity contribution in [2.24, 2.45) is 0 Å². The van der Waals surface area contributed by atoms with Crippen LogP contribution in [0.1, 0.15) is 19.8 Å². The summed E-state index contributed by atoms with van der Waals surface area (Å²) in [6.07, 6.45) is 1.75. The maximum absolute atomic E-state index is 11.7. The summed E-state index contributed by atoms with van der Waals surface area (Å²) in [6.45, 7) is 2.04. The highest BCUT2D eigenvalue weighted by Crippen LogP contribution is 2.34. The molecule has 4 N–H and O–H groups in total. The van der Waals surface area contributed by atoms with E-state index in [-0.39, 0.29) is 11.9 Å². The van der Waals surface area contributed by atoms with Gasteiger partial charge in [0.05, 0.1) is 22.1 Å². The number of benzene rings is 1. The molecule has 2 rings (SSSR count). The van der Waals surface area contributed by atoms with Crippen LogP contribution in [-0.2, 0) is 4.79 Å². The second-order valence-corrected chi connectivity index (χ2v) is 4.30. The SMILES string of the molecule is CCCC1Nc2cc(Cl)c(N)cc2NC1=O. The van der Waals surface area contributed by atoms with Gasteiger partial charge in [-0.05, 0) is 18.6 Å². The van der Waals surface area contributed by atoms with E-state index in [1.54, 1.807) is 12.1 Å². The fourth-order valence-electron chi connectivity index (χ4n) is 1.78. The molecule has 0 saturated heterocycles. The van der Waals surface area contributed by atoms with Gasteiger partial charge >= 0.3 is 0 Å². The molecule has 1 heterocycles. The van der Waals surface area contributed by atoms with Gasteiger partial charge in [0, 0.05) is 0 Å². The van der Waals surface area contributed by atoms with Crippen molar-refractivity contribution in [1.29, 1.82) is 0 Å². The number of hydrogen-bond acceptors (Lipinski definition) is 3. The first-order valence-corrected chi connectivity index (χ1v) is 5.66. The van der Waals surface area contributed by atoms with Gasteiger partial charge in [-0.1, -0.05) is 24.9 Å². The van der Waals surface area contributed by atoms with Gasteiger partial charge in [-0.2, -0.15) is 0 Å². The average molecular weight is 240 g/mol. The van der Waals surface area contributed by atoms with E-state index in [9.17, 15) is 4.79 Å². The number of nitrogens with two attached hydrogens (primary N) is 1. The first-order chi connectivity index (χ1) is 7.61. The van der Waals surface area contributed by atoms with E-state index < -0.39 is 0 Å². The van der Waals surface area contributed by atoms with Gasteiger partial charge in [0.2, 0.25) is 5.91 Å². The number of anilines is 3. The van der Waals surface area contributed by atoms with Crippen LogP contribution in [-0.4, -0.2) is 11.9 Å². The smallest absolute Gasteiger partial charge is 0.246 e. The van der Waals surface area contributed by atoms with Gasteiger partial charge in [-0.25, -0.2) is 0 Å². The van der Waals surface area contributed by atoms with Crippen molar-refractivity contribution >= 4 is 34.6 Å². The van der Waals surface area contributed by atoms with Crippen molar-refractivity contribution in [3.8, 4) is 0 Å². The summed E-state index contributed by atoms with van der Waals surface area (Å²) in [5, 5.41) is 6.48. The molecule has 0 saturated carbocycles. The lowest BCUT2D eigenvalue weighted by Crippen LogP contribution is -2.38. The van der Waals surface area contributed by atoms with Gasteiger partial charge < -0.3 is 16.4 Å². The molecule has 1 amide bonds. The van der Waals surface area contributed by atoms with Gasteiger partial charge in [0.15, 0.2) is 0 Å². The lowest BCUT2D eigenvalue weighted by Gasteiger charge is -2.27. The Morgan fingerprint density at radius 3 is 2.88 bits per heavy atom. The zero-order valence-corrected chi connectivity index (χ0v) is 9.77. The molecule has 5 heteroatoms. The molecule has 0 aliphatic carbocycles. The van der Waals surface area contributed by atoms with Crippen LogP contribution in [0, 0.1) is 0 Å². The van der Waals surface area contributed by atoms with Gasteiger partial charge in [-0.15, -0.1) is 0 Å². The molecule has 0 bridgehead atoms. The maximum atomic E-state index is 11.7. The number of carbonyl (C=O) groups is 1. The summed E-state index contributed by atoms with van der Waals surface area (Å²) in [7, 11) is 0. The topological polar surface area (TPSA) is 67.2 Å². The van der Waals surface area contributed by atoms with Gasteiger partial charge in [-0.3, -0.25) is 4.79 Å². The molecule has 1 atom stereocenters. The molecular weight excluding hydrogens is 226 g/mol. The summed E-state index contributed by atoms with van der Waals surface area (Å²) in [5.74, 6) is -0.0175. The Bertz CT molecular complexity index is 433. The van der Waals surface area contributed by atoms with Crippen molar-refractivity contribution in [2.45, 2.75) is 25.8 Å². The third kappa shape index (κ3) is 1.93. The van der Waals surface area contributed by atoms with Crippen LogP contribution >= 0.6 is 11.6 Å². The molecule has 0 radical (unpaired) electrons. The number of halogens is 1. The third-order valence-electron chi connectivity index (χ3n) is 2.62. The van der Waals surface area contributed by atoms with E-state index in [1.165, 1.54) is 0 Å². The minimum absolute atomic E-state index is 0.0175. The zero-order chi connectivity index (χ0) is 11.7. The monoisotopic (exact) mass is 239 g/mol. The lowest BCUT2D eigenvalue weighted by molar-refractivity contribution is -0.117. The Balaban J connectivity index is 2.32. The van der Waals surface area contributed by atoms with Crippen LogP contribution in [0.2, 0.25) is 5.02 Å². The van der Waals surface area contributed by atoms with E-state index in [1.807, 2.05) is 6.92 Å². The van der Waals surface area contributed by atoms with Crippen molar-refractivity contribution in [2.75, 3.05) is 16.4 Å². The molecule has 1 aliphatic rings. The van der Waals surface area contributed by atoms with Crippen molar-refractivity contribution in [1.82, 2.24) is 0 Å².